The molecule has 0 aliphatic carbocycles. The van der Waals surface area contributed by atoms with Crippen LogP contribution in [-0.4, -0.2) is 4.98 Å². The van der Waals surface area contributed by atoms with Gasteiger partial charge in [-0.3, -0.25) is 0 Å². The van der Waals surface area contributed by atoms with Crippen LogP contribution in [0, 0.1) is 0 Å². The summed E-state index contributed by atoms with van der Waals surface area (Å²) < 4.78 is 0. The van der Waals surface area contributed by atoms with Crippen molar-refractivity contribution in [1.82, 2.24) is 9.97 Å². The summed E-state index contributed by atoms with van der Waals surface area (Å²) in [5.74, 6) is 0.987. The Bertz CT molecular complexity index is 416. The summed E-state index contributed by atoms with van der Waals surface area (Å²) in [5.41, 5.74) is 2.61. The molecule has 1 aromatic heterocycles. The number of aromatic nitrogens is 2. The van der Waals surface area contributed by atoms with Crippen LogP contribution in [0.3, 0.4) is 0 Å². The molecule has 1 heterocycles. The zero-order valence-electron chi connectivity index (χ0n) is 15.9. The van der Waals surface area contributed by atoms with Gasteiger partial charge in [-0.2, -0.15) is 0 Å². The Morgan fingerprint density at radius 1 is 0.783 bits per heavy atom. The third kappa shape index (κ3) is 7.28. The van der Waals surface area contributed by atoms with E-state index < -0.39 is 0 Å². The molecule has 0 fully saturated rings. The van der Waals surface area contributed by atoms with E-state index in [0.717, 1.165) is 18.7 Å². The Kier molecular flexibility index (Phi) is 14.7. The van der Waals surface area contributed by atoms with Crippen molar-refractivity contribution in [2.75, 3.05) is 0 Å². The first-order chi connectivity index (χ1) is 8.45. The normalized spacial score (nSPS) is 11.5. The molecule has 134 valence electrons. The molecule has 0 amide bonds. The minimum absolute atomic E-state index is 0. The molecule has 0 saturated carbocycles. The van der Waals surface area contributed by atoms with Gasteiger partial charge >= 0.3 is 21.7 Å². The maximum absolute atomic E-state index is 4.93. The molecule has 23 heavy (non-hydrogen) atoms. The Morgan fingerprint density at radius 3 is 1.48 bits per heavy atom. The van der Waals surface area contributed by atoms with E-state index >= 15 is 0 Å². The monoisotopic (exact) mass is 416 g/mol. The Hall–Kier alpha value is 0.794. The fourth-order valence-electron chi connectivity index (χ4n) is 1.96. The van der Waals surface area contributed by atoms with Crippen LogP contribution in [-0.2, 0) is 38.0 Å². The molecule has 0 N–H and O–H groups in total. The molecule has 0 bridgehead atoms. The Balaban J connectivity index is -0.000000451. The molecule has 0 aromatic carbocycles. The summed E-state index contributed by atoms with van der Waals surface area (Å²) in [4.78, 5) is 9.85. The maximum Gasteiger partial charge on any atom is 4.00 e. The second-order valence-corrected chi connectivity index (χ2v) is 7.97. The van der Waals surface area contributed by atoms with E-state index in [-0.39, 0.29) is 75.2 Å². The molecule has 0 unspecified atom stereocenters. The molecular weight excluding hydrogens is 386 g/mol. The third-order valence-electron chi connectivity index (χ3n) is 4.38. The summed E-state index contributed by atoms with van der Waals surface area (Å²) >= 11 is 0. The number of rotatable bonds is 4. The van der Waals surface area contributed by atoms with E-state index in [1.165, 1.54) is 11.4 Å². The van der Waals surface area contributed by atoms with Crippen LogP contribution in [0.15, 0.2) is 0 Å². The van der Waals surface area contributed by atoms with Crippen LogP contribution in [0.5, 0.6) is 0 Å². The molecule has 6 heteroatoms. The zero-order chi connectivity index (χ0) is 15.1. The molecular formula is C17H31Cl3N2Ti. The molecule has 1 rings (SSSR count). The zero-order valence-corrected chi connectivity index (χ0v) is 19.8. The van der Waals surface area contributed by atoms with Gasteiger partial charge in [0.25, 0.3) is 0 Å². The van der Waals surface area contributed by atoms with Gasteiger partial charge in [0.15, 0.2) is 0 Å². The largest absolute Gasteiger partial charge is 4.00 e. The van der Waals surface area contributed by atoms with Crippen molar-refractivity contribution in [3.8, 4) is 0 Å². The van der Waals surface area contributed by atoms with Crippen LogP contribution in [0.1, 0.15) is 92.4 Å². The summed E-state index contributed by atoms with van der Waals surface area (Å²) in [7, 11) is 0. The first-order valence-corrected chi connectivity index (χ1v) is 7.52. The van der Waals surface area contributed by atoms with Crippen LogP contribution >= 0.6 is 0 Å². The fraction of sp³-hybridized carbons (Fsp3) is 0.824. The average molecular weight is 418 g/mol. The van der Waals surface area contributed by atoms with E-state index in [9.17, 15) is 0 Å². The first-order valence-electron chi connectivity index (χ1n) is 7.52. The van der Waals surface area contributed by atoms with Crippen molar-refractivity contribution >= 4 is 0 Å². The summed E-state index contributed by atoms with van der Waals surface area (Å²) in [6, 6.07) is 0. The molecule has 1 aromatic rings. The number of halogens is 3. The van der Waals surface area contributed by atoms with Gasteiger partial charge in [0, 0.05) is 0 Å². The number of hydrogen-bond donors (Lipinski definition) is 0. The molecule has 0 radical (unpaired) electrons. The third-order valence-corrected chi connectivity index (χ3v) is 4.38. The Labute approximate surface area is 176 Å². The molecule has 0 aliphatic heterocycles. The molecule has 0 saturated heterocycles. The van der Waals surface area contributed by atoms with Crippen molar-refractivity contribution in [3.05, 3.63) is 17.2 Å². The minimum atomic E-state index is 0. The fourth-order valence-corrected chi connectivity index (χ4v) is 1.96. The average Bonchev–Trinajstić information content (AvgIpc) is 2.74. The van der Waals surface area contributed by atoms with E-state index in [1.807, 2.05) is 0 Å². The Morgan fingerprint density at radius 2 is 1.17 bits per heavy atom. The van der Waals surface area contributed by atoms with Crippen molar-refractivity contribution in [1.29, 1.82) is 0 Å². The number of hydrogen-bond acceptors (Lipinski definition) is 1. The van der Waals surface area contributed by atoms with Gasteiger partial charge in [-0.25, -0.2) is 0 Å². The number of nitrogens with zero attached hydrogens (tertiary/aromatic N) is 2. The van der Waals surface area contributed by atoms with E-state index in [1.54, 1.807) is 0 Å². The van der Waals surface area contributed by atoms with Crippen LogP contribution < -0.4 is 42.2 Å². The van der Waals surface area contributed by atoms with Crippen LogP contribution in [0.25, 0.3) is 0 Å². The second-order valence-electron chi connectivity index (χ2n) is 7.97. The SMILES string of the molecule is CCC(C)(C)c1nc(C(C)(C)C)[n-]c1C(C)(C)CC.[Cl-].[Cl-].[Cl-].[Ti+4]. The van der Waals surface area contributed by atoms with Gasteiger partial charge in [0.1, 0.15) is 0 Å². The summed E-state index contributed by atoms with van der Waals surface area (Å²) in [6.45, 7) is 20.1. The number of imidazole rings is 1. The minimum Gasteiger partial charge on any atom is -1.00 e. The second kappa shape index (κ2) is 10.7. The molecule has 0 spiro atoms. The van der Waals surface area contributed by atoms with E-state index in [4.69, 9.17) is 9.97 Å². The topological polar surface area (TPSA) is 27.0 Å². The van der Waals surface area contributed by atoms with Gasteiger partial charge in [-0.05, 0) is 29.1 Å². The van der Waals surface area contributed by atoms with Gasteiger partial charge in [0.2, 0.25) is 0 Å². The summed E-state index contributed by atoms with van der Waals surface area (Å²) in [5, 5.41) is 0. The van der Waals surface area contributed by atoms with Crippen LogP contribution in [0.2, 0.25) is 0 Å². The smallest absolute Gasteiger partial charge is 1.00 e. The van der Waals surface area contributed by atoms with Gasteiger partial charge < -0.3 is 47.2 Å². The molecule has 0 atom stereocenters. The van der Waals surface area contributed by atoms with E-state index in [0.29, 0.717) is 0 Å². The maximum atomic E-state index is 4.93. The summed E-state index contributed by atoms with van der Waals surface area (Å²) in [6.07, 6.45) is 2.17. The van der Waals surface area contributed by atoms with Crippen molar-refractivity contribution in [2.45, 2.75) is 91.4 Å². The predicted octanol–water partition coefficient (Wildman–Crippen LogP) is -4.28. The van der Waals surface area contributed by atoms with Crippen molar-refractivity contribution in [2.24, 2.45) is 0 Å². The quantitative estimate of drug-likeness (QED) is 0.464. The van der Waals surface area contributed by atoms with Gasteiger partial charge in [-0.1, -0.05) is 79.5 Å². The standard InChI is InChI=1S/C17H31N2.3ClH.Ti/c1-10-16(6,7)12-13(17(8,9)11-2)19-14(18-12)15(3,4)5;;;;/h10-11H2,1-9H3;3*1H;/q-1;;;;+4/p-3. The van der Waals surface area contributed by atoms with Gasteiger partial charge in [-0.15, -0.1) is 0 Å². The molecule has 0 aliphatic rings. The van der Waals surface area contributed by atoms with Gasteiger partial charge in [0.05, 0.1) is 0 Å². The van der Waals surface area contributed by atoms with E-state index in [2.05, 4.69) is 62.3 Å². The predicted molar refractivity (Wildman–Crippen MR) is 82.9 cm³/mol. The first kappa shape index (κ1) is 31.6. The van der Waals surface area contributed by atoms with Crippen LogP contribution in [0.4, 0.5) is 0 Å². The van der Waals surface area contributed by atoms with Crippen molar-refractivity contribution in [3.63, 3.8) is 0 Å². The van der Waals surface area contributed by atoms with Crippen molar-refractivity contribution < 1.29 is 58.9 Å². The molecule has 2 nitrogen and oxygen atoms in total.